The van der Waals surface area contributed by atoms with Crippen LogP contribution >= 0.6 is 0 Å². The first kappa shape index (κ1) is 21.5. The number of amidine groups is 1. The minimum Gasteiger partial charge on any atom is -0.457 e. The minimum atomic E-state index is -4.59. The van der Waals surface area contributed by atoms with Crippen molar-refractivity contribution in [1.29, 1.82) is 0 Å². The van der Waals surface area contributed by atoms with Crippen molar-refractivity contribution in [2.45, 2.75) is 17.5 Å². The summed E-state index contributed by atoms with van der Waals surface area (Å²) in [4.78, 5) is 27.9. The van der Waals surface area contributed by atoms with E-state index in [9.17, 15) is 31.2 Å². The second kappa shape index (κ2) is 8.27. The number of sulfonamides is 1. The quantitative estimate of drug-likeness (QED) is 0.550. The number of rotatable bonds is 6. The highest BCUT2D eigenvalue weighted by Gasteiger charge is 2.31. The molecule has 1 heterocycles. The number of ketones is 1. The number of alkyl halides is 3. The number of benzene rings is 2. The highest BCUT2D eigenvalue weighted by atomic mass is 32.2. The molecule has 1 aliphatic heterocycles. The van der Waals surface area contributed by atoms with E-state index in [4.69, 9.17) is 4.74 Å². The molecule has 0 spiro atoms. The third kappa shape index (κ3) is 4.85. The van der Waals surface area contributed by atoms with Crippen molar-refractivity contribution >= 4 is 27.6 Å². The summed E-state index contributed by atoms with van der Waals surface area (Å²) in [5.74, 6) is -1.48. The number of ether oxygens (including phenoxy) is 1. The van der Waals surface area contributed by atoms with Crippen LogP contribution in [0.2, 0.25) is 0 Å². The second-order valence-electron chi connectivity index (χ2n) is 6.24. The molecule has 0 atom stereocenters. The summed E-state index contributed by atoms with van der Waals surface area (Å²) in [6.07, 6.45) is -4.84. The predicted molar refractivity (Wildman–Crippen MR) is 99.5 cm³/mol. The van der Waals surface area contributed by atoms with Crippen molar-refractivity contribution in [3.63, 3.8) is 0 Å². The Balaban J connectivity index is 1.54. The molecule has 0 saturated carbocycles. The van der Waals surface area contributed by atoms with E-state index in [2.05, 4.69) is 9.71 Å². The van der Waals surface area contributed by atoms with Crippen LogP contribution in [0.4, 0.5) is 13.2 Å². The highest BCUT2D eigenvalue weighted by Crippen LogP contribution is 2.29. The summed E-state index contributed by atoms with van der Waals surface area (Å²) in [5.41, 5.74) is -0.824. The van der Waals surface area contributed by atoms with Gasteiger partial charge in [-0.25, -0.2) is 8.42 Å². The molecule has 0 unspecified atom stereocenters. The van der Waals surface area contributed by atoms with Crippen LogP contribution in [-0.2, 0) is 25.7 Å². The molecule has 0 aliphatic carbocycles. The summed E-state index contributed by atoms with van der Waals surface area (Å²) >= 11 is 0. The number of aliphatic imine (C=N–C) groups is 1. The summed E-state index contributed by atoms with van der Waals surface area (Å²) in [6.45, 7) is -0.824. The van der Waals surface area contributed by atoms with Gasteiger partial charge in [0.05, 0.1) is 23.4 Å². The molecule has 0 radical (unpaired) electrons. The maximum atomic E-state index is 12.7. The third-order valence-corrected chi connectivity index (χ3v) is 5.52. The van der Waals surface area contributed by atoms with Gasteiger partial charge in [0.2, 0.25) is 0 Å². The number of carbonyl (C=O) groups is 2. The van der Waals surface area contributed by atoms with E-state index in [0.717, 1.165) is 12.1 Å². The maximum absolute atomic E-state index is 12.7. The molecule has 3 rings (SSSR count). The Labute approximate surface area is 169 Å². The molecule has 2 aromatic carbocycles. The van der Waals surface area contributed by atoms with Crippen LogP contribution in [0.5, 0.6) is 0 Å². The molecule has 0 fully saturated rings. The molecular weight excluding hydrogens is 425 g/mol. The Bertz CT molecular complexity index is 1130. The third-order valence-electron chi connectivity index (χ3n) is 4.12. The average molecular weight is 440 g/mol. The predicted octanol–water partition coefficient (Wildman–Crippen LogP) is 2.56. The first-order chi connectivity index (χ1) is 14.1. The van der Waals surface area contributed by atoms with Crippen molar-refractivity contribution < 1.29 is 35.9 Å². The highest BCUT2D eigenvalue weighted by molar-refractivity contribution is 7.90. The molecule has 0 saturated heterocycles. The van der Waals surface area contributed by atoms with Crippen LogP contribution in [-0.4, -0.2) is 39.2 Å². The largest absolute Gasteiger partial charge is 0.457 e. The van der Waals surface area contributed by atoms with Gasteiger partial charge in [-0.2, -0.15) is 13.2 Å². The molecule has 158 valence electrons. The van der Waals surface area contributed by atoms with Crippen molar-refractivity contribution in [2.24, 2.45) is 4.99 Å². The normalized spacial score (nSPS) is 16.0. The van der Waals surface area contributed by atoms with Crippen LogP contribution in [0.25, 0.3) is 0 Å². The molecule has 30 heavy (non-hydrogen) atoms. The topological polar surface area (TPSA) is 102 Å². The minimum absolute atomic E-state index is 0.0815. The number of fused-ring (bicyclic) bond motifs is 1. The fourth-order valence-corrected chi connectivity index (χ4v) is 3.93. The molecule has 0 aromatic heterocycles. The zero-order valence-electron chi connectivity index (χ0n) is 15.3. The van der Waals surface area contributed by atoms with Crippen molar-refractivity contribution in [1.82, 2.24) is 4.72 Å². The average Bonchev–Trinajstić information content (AvgIpc) is 2.96. The van der Waals surface area contributed by atoms with E-state index in [-0.39, 0.29) is 29.3 Å². The van der Waals surface area contributed by atoms with Crippen molar-refractivity contribution in [3.05, 3.63) is 65.2 Å². The Morgan fingerprint density at radius 3 is 2.53 bits per heavy atom. The summed E-state index contributed by atoms with van der Waals surface area (Å²) in [7, 11) is -3.69. The van der Waals surface area contributed by atoms with Crippen molar-refractivity contribution in [2.75, 3.05) is 13.2 Å². The van der Waals surface area contributed by atoms with Gasteiger partial charge in [-0.15, -0.1) is 0 Å². The van der Waals surface area contributed by atoms with Gasteiger partial charge in [0.1, 0.15) is 5.84 Å². The van der Waals surface area contributed by atoms with Gasteiger partial charge in [-0.1, -0.05) is 24.3 Å². The van der Waals surface area contributed by atoms with Crippen LogP contribution < -0.4 is 4.72 Å². The second-order valence-corrected chi connectivity index (χ2v) is 7.90. The van der Waals surface area contributed by atoms with E-state index >= 15 is 0 Å². The van der Waals surface area contributed by atoms with Gasteiger partial charge in [0, 0.05) is 11.1 Å². The Morgan fingerprint density at radius 2 is 1.80 bits per heavy atom. The van der Waals surface area contributed by atoms with Gasteiger partial charge in [-0.05, 0) is 24.3 Å². The number of nitrogens with zero attached hydrogens (tertiary/aromatic N) is 1. The number of carbonyl (C=O) groups excluding carboxylic acids is 2. The molecule has 1 N–H and O–H groups in total. The first-order valence-corrected chi connectivity index (χ1v) is 10.1. The summed E-state index contributed by atoms with van der Waals surface area (Å²) < 4.78 is 69.1. The fraction of sp³-hybridized carbons (Fsp3) is 0.211. The van der Waals surface area contributed by atoms with Crippen LogP contribution in [0, 0.1) is 0 Å². The van der Waals surface area contributed by atoms with Gasteiger partial charge in [-0.3, -0.25) is 19.3 Å². The lowest BCUT2D eigenvalue weighted by molar-refractivity contribution is -0.142. The Hall–Kier alpha value is -3.21. The molecule has 7 nitrogen and oxygen atoms in total. The first-order valence-electron chi connectivity index (χ1n) is 8.61. The van der Waals surface area contributed by atoms with Gasteiger partial charge >= 0.3 is 12.1 Å². The number of hydrogen-bond donors (Lipinski definition) is 1. The van der Waals surface area contributed by atoms with E-state index in [0.29, 0.717) is 11.6 Å². The lowest BCUT2D eigenvalue weighted by Crippen LogP contribution is -2.22. The van der Waals surface area contributed by atoms with Crippen molar-refractivity contribution in [3.8, 4) is 0 Å². The molecular formula is C19H15F3N2O5S. The monoisotopic (exact) mass is 440 g/mol. The van der Waals surface area contributed by atoms with Crippen LogP contribution in [0.15, 0.2) is 58.4 Å². The number of Topliss-reactive ketones (excluding diaryl/α,β-unsaturated/α-hetero) is 1. The molecule has 1 aliphatic rings. The molecule has 2 aromatic rings. The van der Waals surface area contributed by atoms with E-state index in [1.807, 2.05) is 0 Å². The lowest BCUT2D eigenvalue weighted by Gasteiger charge is -2.08. The number of nitrogens with one attached hydrogen (secondary N) is 1. The van der Waals surface area contributed by atoms with Gasteiger partial charge in [0.15, 0.2) is 12.4 Å². The Morgan fingerprint density at radius 1 is 1.07 bits per heavy atom. The summed E-state index contributed by atoms with van der Waals surface area (Å²) in [5, 5.41) is 0. The molecule has 0 bridgehead atoms. The van der Waals surface area contributed by atoms with Crippen LogP contribution in [0.1, 0.15) is 27.9 Å². The number of esters is 1. The SMILES string of the molecule is O=C(CCN=C1NS(=O)(=O)c2ccccc21)OCC(=O)c1cccc(C(F)(F)F)c1. The van der Waals surface area contributed by atoms with E-state index in [1.54, 1.807) is 18.2 Å². The van der Waals surface area contributed by atoms with E-state index < -0.39 is 40.1 Å². The van der Waals surface area contributed by atoms with Gasteiger partial charge in [0.25, 0.3) is 10.0 Å². The molecule has 11 heteroatoms. The zero-order chi connectivity index (χ0) is 21.9. The zero-order valence-corrected chi connectivity index (χ0v) is 16.1. The van der Waals surface area contributed by atoms with Gasteiger partial charge < -0.3 is 4.74 Å². The fourth-order valence-electron chi connectivity index (χ4n) is 2.68. The van der Waals surface area contributed by atoms with Crippen LogP contribution in [0.3, 0.4) is 0 Å². The number of halogens is 3. The molecule has 0 amide bonds. The number of hydrogen-bond acceptors (Lipinski definition) is 6. The maximum Gasteiger partial charge on any atom is 0.416 e. The standard InChI is InChI=1S/C19H15F3N2O5S/c20-19(21,22)13-5-3-4-12(10-13)15(25)11-29-17(26)8-9-23-18-14-6-1-2-7-16(14)30(27,28)24-18/h1-7,10H,8-9,11H2,(H,23,24). The smallest absolute Gasteiger partial charge is 0.416 e. The van der Waals surface area contributed by atoms with E-state index in [1.165, 1.54) is 12.1 Å². The summed E-state index contributed by atoms with van der Waals surface area (Å²) in [6, 6.07) is 10.0. The lowest BCUT2D eigenvalue weighted by atomic mass is 10.1. The Kier molecular flexibility index (Phi) is 5.92.